The molecule has 0 aromatic carbocycles. The molecule has 1 N–H and O–H groups in total. The fraction of sp³-hybridized carbons (Fsp3) is 1.00. The van der Waals surface area contributed by atoms with Gasteiger partial charge in [0.15, 0.2) is 0 Å². The van der Waals surface area contributed by atoms with Gasteiger partial charge in [0.2, 0.25) is 0 Å². The summed E-state index contributed by atoms with van der Waals surface area (Å²) in [6.45, 7) is 6.78. The SMILES string of the molecule is CCNCC1(CC2CCC(C)O2)CC2CC2C1. The Morgan fingerprint density at radius 3 is 2.59 bits per heavy atom. The second-order valence-electron chi connectivity index (χ2n) is 6.79. The summed E-state index contributed by atoms with van der Waals surface area (Å²) in [4.78, 5) is 0. The van der Waals surface area contributed by atoms with Gasteiger partial charge in [-0.1, -0.05) is 6.92 Å². The van der Waals surface area contributed by atoms with E-state index in [9.17, 15) is 0 Å². The topological polar surface area (TPSA) is 21.3 Å². The minimum atomic E-state index is 0.507. The zero-order chi connectivity index (χ0) is 11.9. The fourth-order valence-corrected chi connectivity index (χ4v) is 4.30. The molecule has 2 nitrogen and oxygen atoms in total. The summed E-state index contributed by atoms with van der Waals surface area (Å²) in [5.74, 6) is 2.15. The minimum Gasteiger partial charge on any atom is -0.375 e. The lowest BCUT2D eigenvalue weighted by Gasteiger charge is -2.33. The van der Waals surface area contributed by atoms with E-state index >= 15 is 0 Å². The third-order valence-electron chi connectivity index (χ3n) is 5.19. The van der Waals surface area contributed by atoms with Gasteiger partial charge in [0.05, 0.1) is 12.2 Å². The van der Waals surface area contributed by atoms with Crippen LogP contribution < -0.4 is 5.32 Å². The summed E-state index contributed by atoms with van der Waals surface area (Å²) in [6, 6.07) is 0. The third-order valence-corrected chi connectivity index (χ3v) is 5.19. The molecule has 0 aromatic rings. The highest BCUT2D eigenvalue weighted by Crippen LogP contribution is 2.61. The molecule has 0 amide bonds. The Morgan fingerprint density at radius 1 is 1.24 bits per heavy atom. The molecular formula is C15H27NO. The van der Waals surface area contributed by atoms with Gasteiger partial charge >= 0.3 is 0 Å². The smallest absolute Gasteiger partial charge is 0.0585 e. The van der Waals surface area contributed by atoms with Crippen molar-refractivity contribution in [3.05, 3.63) is 0 Å². The van der Waals surface area contributed by atoms with E-state index in [4.69, 9.17) is 4.74 Å². The van der Waals surface area contributed by atoms with Crippen molar-refractivity contribution in [2.24, 2.45) is 17.3 Å². The lowest BCUT2D eigenvalue weighted by molar-refractivity contribution is 0.0196. The van der Waals surface area contributed by atoms with Gasteiger partial charge in [-0.15, -0.1) is 0 Å². The molecule has 1 aliphatic heterocycles. The van der Waals surface area contributed by atoms with Crippen LogP contribution >= 0.6 is 0 Å². The van der Waals surface area contributed by atoms with Crippen LogP contribution in [0.25, 0.3) is 0 Å². The van der Waals surface area contributed by atoms with E-state index in [2.05, 4.69) is 19.2 Å². The Morgan fingerprint density at radius 2 is 2.00 bits per heavy atom. The van der Waals surface area contributed by atoms with Crippen LogP contribution in [0.1, 0.15) is 52.4 Å². The zero-order valence-corrected chi connectivity index (χ0v) is 11.4. The maximum Gasteiger partial charge on any atom is 0.0585 e. The lowest BCUT2D eigenvalue weighted by atomic mass is 9.77. The van der Waals surface area contributed by atoms with Crippen LogP contribution in [0.2, 0.25) is 0 Å². The van der Waals surface area contributed by atoms with E-state index < -0.39 is 0 Å². The van der Waals surface area contributed by atoms with Gasteiger partial charge in [-0.3, -0.25) is 0 Å². The van der Waals surface area contributed by atoms with Gasteiger partial charge in [0.1, 0.15) is 0 Å². The van der Waals surface area contributed by atoms with Crippen LogP contribution in [0.3, 0.4) is 0 Å². The molecule has 1 heterocycles. The number of nitrogens with one attached hydrogen (secondary N) is 1. The predicted molar refractivity (Wildman–Crippen MR) is 70.0 cm³/mol. The first-order valence-electron chi connectivity index (χ1n) is 7.57. The van der Waals surface area contributed by atoms with Crippen molar-refractivity contribution in [1.82, 2.24) is 5.32 Å². The number of hydrogen-bond acceptors (Lipinski definition) is 2. The van der Waals surface area contributed by atoms with Crippen LogP contribution in [0.4, 0.5) is 0 Å². The summed E-state index contributed by atoms with van der Waals surface area (Å²) in [6.07, 6.45) is 9.41. The lowest BCUT2D eigenvalue weighted by Crippen LogP contribution is -2.36. The number of rotatable bonds is 5. The maximum absolute atomic E-state index is 6.05. The molecule has 3 fully saturated rings. The Labute approximate surface area is 105 Å². The van der Waals surface area contributed by atoms with Crippen molar-refractivity contribution in [1.29, 1.82) is 0 Å². The van der Waals surface area contributed by atoms with Crippen molar-refractivity contribution in [2.75, 3.05) is 13.1 Å². The second kappa shape index (κ2) is 4.55. The van der Waals surface area contributed by atoms with Gasteiger partial charge in [-0.25, -0.2) is 0 Å². The van der Waals surface area contributed by atoms with Gasteiger partial charge < -0.3 is 10.1 Å². The van der Waals surface area contributed by atoms with Gasteiger partial charge in [0.25, 0.3) is 0 Å². The molecule has 4 unspecified atom stereocenters. The van der Waals surface area contributed by atoms with E-state index in [0.717, 1.165) is 18.4 Å². The second-order valence-corrected chi connectivity index (χ2v) is 6.79. The summed E-state index contributed by atoms with van der Waals surface area (Å²) in [5, 5.41) is 3.60. The summed E-state index contributed by atoms with van der Waals surface area (Å²) in [7, 11) is 0. The molecule has 0 spiro atoms. The summed E-state index contributed by atoms with van der Waals surface area (Å²) < 4.78 is 6.05. The number of ether oxygens (including phenoxy) is 1. The van der Waals surface area contributed by atoms with E-state index in [1.807, 2.05) is 0 Å². The molecule has 2 aliphatic carbocycles. The fourth-order valence-electron chi connectivity index (χ4n) is 4.30. The summed E-state index contributed by atoms with van der Waals surface area (Å²) >= 11 is 0. The quantitative estimate of drug-likeness (QED) is 0.793. The molecule has 98 valence electrons. The number of fused-ring (bicyclic) bond motifs is 1. The molecule has 4 atom stereocenters. The monoisotopic (exact) mass is 237 g/mol. The van der Waals surface area contributed by atoms with Crippen molar-refractivity contribution >= 4 is 0 Å². The van der Waals surface area contributed by atoms with E-state index in [1.165, 1.54) is 45.1 Å². The normalized spacial score (nSPS) is 48.4. The van der Waals surface area contributed by atoms with Gasteiger partial charge in [-0.2, -0.15) is 0 Å². The van der Waals surface area contributed by atoms with Gasteiger partial charge in [-0.05, 0) is 69.2 Å². The highest BCUT2D eigenvalue weighted by molar-refractivity contribution is 5.05. The average molecular weight is 237 g/mol. The maximum atomic E-state index is 6.05. The Kier molecular flexibility index (Phi) is 3.20. The molecule has 17 heavy (non-hydrogen) atoms. The van der Waals surface area contributed by atoms with Crippen LogP contribution in [0.15, 0.2) is 0 Å². The highest BCUT2D eigenvalue weighted by atomic mass is 16.5. The molecule has 1 saturated heterocycles. The first-order chi connectivity index (χ1) is 8.21. The molecule has 2 saturated carbocycles. The van der Waals surface area contributed by atoms with Crippen LogP contribution in [0, 0.1) is 17.3 Å². The molecule has 2 heteroatoms. The highest BCUT2D eigenvalue weighted by Gasteiger charge is 2.54. The van der Waals surface area contributed by atoms with E-state index in [-0.39, 0.29) is 0 Å². The molecule has 0 aromatic heterocycles. The molecule has 3 aliphatic rings. The molecule has 0 radical (unpaired) electrons. The minimum absolute atomic E-state index is 0.507. The third kappa shape index (κ3) is 2.53. The van der Waals surface area contributed by atoms with Crippen molar-refractivity contribution < 1.29 is 4.74 Å². The van der Waals surface area contributed by atoms with Crippen LogP contribution in [-0.2, 0) is 4.74 Å². The summed E-state index contributed by atoms with van der Waals surface area (Å²) in [5.41, 5.74) is 0.582. The van der Waals surface area contributed by atoms with Crippen molar-refractivity contribution in [2.45, 2.75) is 64.6 Å². The first kappa shape index (κ1) is 12.0. The van der Waals surface area contributed by atoms with Crippen molar-refractivity contribution in [3.63, 3.8) is 0 Å². The predicted octanol–water partition coefficient (Wildman–Crippen LogP) is 2.97. The zero-order valence-electron chi connectivity index (χ0n) is 11.4. The molecule has 0 bridgehead atoms. The largest absolute Gasteiger partial charge is 0.375 e. The van der Waals surface area contributed by atoms with E-state index in [1.54, 1.807) is 0 Å². The standard InChI is InChI=1S/C15H27NO/c1-3-16-10-15(7-12-6-13(12)8-15)9-14-5-4-11(2)17-14/h11-14,16H,3-10H2,1-2H3. The average Bonchev–Trinajstić information content (AvgIpc) is 2.72. The molecule has 3 rings (SSSR count). The first-order valence-corrected chi connectivity index (χ1v) is 7.57. The Balaban J connectivity index is 1.59. The Hall–Kier alpha value is -0.0800. The Bertz CT molecular complexity index is 268. The van der Waals surface area contributed by atoms with Crippen molar-refractivity contribution in [3.8, 4) is 0 Å². The van der Waals surface area contributed by atoms with E-state index in [0.29, 0.717) is 17.6 Å². The molecular weight excluding hydrogens is 210 g/mol. The number of hydrogen-bond donors (Lipinski definition) is 1. The van der Waals surface area contributed by atoms with Crippen LogP contribution in [0.5, 0.6) is 0 Å². The van der Waals surface area contributed by atoms with Gasteiger partial charge in [0, 0.05) is 6.54 Å². The van der Waals surface area contributed by atoms with Crippen LogP contribution in [-0.4, -0.2) is 25.3 Å².